The second-order valence-corrected chi connectivity index (χ2v) is 5.32. The molecule has 0 atom stereocenters. The lowest BCUT2D eigenvalue weighted by molar-refractivity contribution is -0.654. The quantitative estimate of drug-likeness (QED) is 0.518. The summed E-state index contributed by atoms with van der Waals surface area (Å²) in [6, 6.07) is 11.1. The first kappa shape index (κ1) is 20.5. The highest BCUT2D eigenvalue weighted by molar-refractivity contribution is 6.50. The summed E-state index contributed by atoms with van der Waals surface area (Å²) >= 11 is 0. The van der Waals surface area contributed by atoms with E-state index in [-0.39, 0.29) is 5.91 Å². The number of ether oxygens (including phenoxy) is 1. The average Bonchev–Trinajstić information content (AvgIpc) is 2.49. The Labute approximate surface area is 143 Å². The number of rotatable bonds is 3. The van der Waals surface area contributed by atoms with E-state index in [0.29, 0.717) is 5.56 Å². The summed E-state index contributed by atoms with van der Waals surface area (Å²) in [6.07, 6.45) is 0. The Hall–Kier alpha value is -2.58. The molecule has 25 heavy (non-hydrogen) atoms. The van der Waals surface area contributed by atoms with Gasteiger partial charge in [-0.05, 0) is 36.8 Å². The molecule has 0 aliphatic carbocycles. The molecule has 0 aliphatic rings. The van der Waals surface area contributed by atoms with Gasteiger partial charge in [-0.3, -0.25) is 4.79 Å². The van der Waals surface area contributed by atoms with Gasteiger partial charge >= 0.3 is 13.2 Å². The number of carbonyl (C=O) groups is 1. The smallest absolute Gasteiger partial charge is 0.497 e. The SMILES string of the molecule is COc1ccc(C(=O)N[n+]2c(C)cc(C)cc2C)cc1.F[B-](F)(F)F. The number of amides is 1. The number of carbonyl (C=O) groups excluding carboxylic acids is 1. The molecular formula is C16H19BF4N2O2. The second-order valence-electron chi connectivity index (χ2n) is 5.32. The number of benzene rings is 1. The van der Waals surface area contributed by atoms with E-state index in [9.17, 15) is 22.1 Å². The van der Waals surface area contributed by atoms with Crippen molar-refractivity contribution in [2.75, 3.05) is 12.5 Å². The Balaban J connectivity index is 0.000000550. The predicted octanol–water partition coefficient (Wildman–Crippen LogP) is 3.59. The minimum atomic E-state index is -6.00. The summed E-state index contributed by atoms with van der Waals surface area (Å²) in [6.45, 7) is 5.97. The van der Waals surface area contributed by atoms with Crippen LogP contribution in [0.2, 0.25) is 0 Å². The fraction of sp³-hybridized carbons (Fsp3) is 0.250. The van der Waals surface area contributed by atoms with E-state index in [2.05, 4.69) is 5.43 Å². The Morgan fingerprint density at radius 2 is 1.44 bits per heavy atom. The zero-order valence-electron chi connectivity index (χ0n) is 14.3. The van der Waals surface area contributed by atoms with Crippen molar-refractivity contribution in [3.8, 4) is 5.75 Å². The number of halogens is 4. The third kappa shape index (κ3) is 7.24. The molecule has 0 aliphatic heterocycles. The lowest BCUT2D eigenvalue weighted by Crippen LogP contribution is -2.52. The van der Waals surface area contributed by atoms with Crippen molar-refractivity contribution in [2.24, 2.45) is 0 Å². The summed E-state index contributed by atoms with van der Waals surface area (Å²) in [5.74, 6) is 0.588. The van der Waals surface area contributed by atoms with Crippen molar-refractivity contribution < 1.29 is 31.5 Å². The van der Waals surface area contributed by atoms with E-state index < -0.39 is 7.25 Å². The van der Waals surface area contributed by atoms with E-state index in [1.807, 2.05) is 32.9 Å². The van der Waals surface area contributed by atoms with Crippen LogP contribution in [0.5, 0.6) is 5.75 Å². The molecule has 0 unspecified atom stereocenters. The number of aromatic nitrogens is 1. The van der Waals surface area contributed by atoms with Gasteiger partial charge in [-0.1, -0.05) is 4.68 Å². The maximum absolute atomic E-state index is 12.2. The zero-order valence-corrected chi connectivity index (χ0v) is 14.3. The lowest BCUT2D eigenvalue weighted by atomic mass is 10.2. The molecule has 136 valence electrons. The van der Waals surface area contributed by atoms with Crippen LogP contribution >= 0.6 is 0 Å². The van der Waals surface area contributed by atoms with Crippen molar-refractivity contribution in [3.05, 3.63) is 58.9 Å². The molecule has 0 saturated heterocycles. The van der Waals surface area contributed by atoms with Crippen molar-refractivity contribution in [1.29, 1.82) is 0 Å². The van der Waals surface area contributed by atoms with Crippen LogP contribution in [0.4, 0.5) is 17.3 Å². The topological polar surface area (TPSA) is 42.2 Å². The normalized spacial score (nSPS) is 10.6. The van der Waals surface area contributed by atoms with Gasteiger partial charge in [0.05, 0.1) is 7.11 Å². The largest absolute Gasteiger partial charge is 0.673 e. The van der Waals surface area contributed by atoms with E-state index in [4.69, 9.17) is 4.74 Å². The van der Waals surface area contributed by atoms with Gasteiger partial charge in [-0.15, -0.1) is 5.43 Å². The third-order valence-electron chi connectivity index (χ3n) is 3.14. The number of nitrogens with one attached hydrogen (secondary N) is 1. The van der Waals surface area contributed by atoms with E-state index >= 15 is 0 Å². The molecule has 1 aromatic heterocycles. The van der Waals surface area contributed by atoms with Gasteiger partial charge in [0.2, 0.25) is 11.4 Å². The lowest BCUT2D eigenvalue weighted by Gasteiger charge is -2.06. The van der Waals surface area contributed by atoms with E-state index in [1.165, 1.54) is 5.56 Å². The Bertz CT molecular complexity index is 705. The van der Waals surface area contributed by atoms with Crippen molar-refractivity contribution in [3.63, 3.8) is 0 Å². The predicted molar refractivity (Wildman–Crippen MR) is 87.7 cm³/mol. The van der Waals surface area contributed by atoms with Crippen LogP contribution in [-0.2, 0) is 0 Å². The van der Waals surface area contributed by atoms with E-state index in [0.717, 1.165) is 17.1 Å². The van der Waals surface area contributed by atoms with Crippen LogP contribution in [0.3, 0.4) is 0 Å². The van der Waals surface area contributed by atoms with Gasteiger partial charge in [0.25, 0.3) is 0 Å². The molecule has 1 amide bonds. The zero-order chi connectivity index (χ0) is 19.2. The molecule has 1 N–H and O–H groups in total. The summed E-state index contributed by atoms with van der Waals surface area (Å²) in [4.78, 5) is 12.2. The summed E-state index contributed by atoms with van der Waals surface area (Å²) in [7, 11) is -4.40. The minimum absolute atomic E-state index is 0.146. The fourth-order valence-electron chi connectivity index (χ4n) is 2.19. The number of aryl methyl sites for hydroxylation is 3. The first-order valence-corrected chi connectivity index (χ1v) is 7.34. The average molecular weight is 358 g/mol. The maximum Gasteiger partial charge on any atom is 0.673 e. The highest BCUT2D eigenvalue weighted by Gasteiger charge is 2.20. The van der Waals surface area contributed by atoms with Crippen LogP contribution < -0.4 is 14.8 Å². The summed E-state index contributed by atoms with van der Waals surface area (Å²) in [5, 5.41) is 0. The van der Waals surface area contributed by atoms with Crippen LogP contribution in [0, 0.1) is 20.8 Å². The fourth-order valence-corrected chi connectivity index (χ4v) is 2.19. The molecule has 0 bridgehead atoms. The molecule has 1 aromatic carbocycles. The molecule has 0 saturated carbocycles. The molecular weight excluding hydrogens is 339 g/mol. The van der Waals surface area contributed by atoms with Crippen molar-refractivity contribution in [1.82, 2.24) is 0 Å². The monoisotopic (exact) mass is 358 g/mol. The molecule has 2 rings (SSSR count). The number of nitrogens with zero attached hydrogens (tertiary/aromatic N) is 1. The van der Waals surface area contributed by atoms with E-state index in [1.54, 1.807) is 36.1 Å². The van der Waals surface area contributed by atoms with Gasteiger partial charge in [0.15, 0.2) is 0 Å². The molecule has 4 nitrogen and oxygen atoms in total. The Morgan fingerprint density at radius 3 is 1.84 bits per heavy atom. The molecule has 1 heterocycles. The number of hydrogen-bond donors (Lipinski definition) is 1. The van der Waals surface area contributed by atoms with Gasteiger partial charge in [-0.25, -0.2) is 0 Å². The Kier molecular flexibility index (Phi) is 6.96. The third-order valence-corrected chi connectivity index (χ3v) is 3.14. The van der Waals surface area contributed by atoms with Crippen molar-refractivity contribution in [2.45, 2.75) is 20.8 Å². The number of methoxy groups -OCH3 is 1. The maximum atomic E-state index is 12.2. The minimum Gasteiger partial charge on any atom is -0.497 e. The van der Waals surface area contributed by atoms with Gasteiger partial charge < -0.3 is 22.0 Å². The molecule has 0 spiro atoms. The summed E-state index contributed by atoms with van der Waals surface area (Å²) < 4.78 is 45.9. The first-order chi connectivity index (χ1) is 11.5. The van der Waals surface area contributed by atoms with Gasteiger partial charge in [0.1, 0.15) is 5.75 Å². The number of pyridine rings is 1. The molecule has 0 fully saturated rings. The Morgan fingerprint density at radius 1 is 1.00 bits per heavy atom. The van der Waals surface area contributed by atoms with Gasteiger partial charge in [-0.2, -0.15) is 0 Å². The summed E-state index contributed by atoms with van der Waals surface area (Å²) in [5.41, 5.74) is 6.65. The van der Waals surface area contributed by atoms with Crippen molar-refractivity contribution >= 4 is 13.2 Å². The van der Waals surface area contributed by atoms with Crippen LogP contribution in [0.25, 0.3) is 0 Å². The highest BCUT2D eigenvalue weighted by atomic mass is 19.5. The number of hydrogen-bond acceptors (Lipinski definition) is 2. The van der Waals surface area contributed by atoms with Crippen LogP contribution in [0.1, 0.15) is 27.3 Å². The first-order valence-electron chi connectivity index (χ1n) is 7.34. The van der Waals surface area contributed by atoms with Crippen LogP contribution in [-0.4, -0.2) is 20.3 Å². The highest BCUT2D eigenvalue weighted by Crippen LogP contribution is 2.11. The molecule has 0 radical (unpaired) electrons. The standard InChI is InChI=1S/C16H18N2O2.BF4/c1-11-9-12(2)18(13(3)10-11)17-16(19)14-5-7-15(20-4)8-6-14;2-1(3,4)5/h5-10H,1-4H3;/q;-1/p+1. The molecule has 2 aromatic rings. The second kappa shape index (κ2) is 8.50. The van der Waals surface area contributed by atoms with Gasteiger partial charge in [0, 0.05) is 31.5 Å². The molecule has 9 heteroatoms. The van der Waals surface area contributed by atoms with Crippen LogP contribution in [0.15, 0.2) is 36.4 Å².